The zero-order chi connectivity index (χ0) is 19.3. The first-order valence-electron chi connectivity index (χ1n) is 9.40. The summed E-state index contributed by atoms with van der Waals surface area (Å²) < 4.78 is 0. The SMILES string of the molecule is O=C(Nc1nccs1)C1CCN(C(=O)NCc2cccc3ccccc23)CC1. The average Bonchev–Trinajstić information content (AvgIpc) is 3.25. The molecule has 3 aromatic rings. The van der Waals surface area contributed by atoms with Gasteiger partial charge in [-0.05, 0) is 29.2 Å². The van der Waals surface area contributed by atoms with Gasteiger partial charge in [-0.3, -0.25) is 4.79 Å². The first-order valence-corrected chi connectivity index (χ1v) is 10.3. The number of nitrogens with one attached hydrogen (secondary N) is 2. The fraction of sp³-hybridized carbons (Fsp3) is 0.286. The fourth-order valence-electron chi connectivity index (χ4n) is 3.57. The van der Waals surface area contributed by atoms with Crippen LogP contribution in [-0.4, -0.2) is 34.9 Å². The van der Waals surface area contributed by atoms with E-state index in [9.17, 15) is 9.59 Å². The van der Waals surface area contributed by atoms with Crippen LogP contribution < -0.4 is 10.6 Å². The molecular weight excluding hydrogens is 372 g/mol. The molecule has 1 aromatic heterocycles. The van der Waals surface area contributed by atoms with Gasteiger partial charge in [-0.25, -0.2) is 9.78 Å². The lowest BCUT2D eigenvalue weighted by molar-refractivity contribution is -0.121. The second kappa shape index (κ2) is 8.39. The van der Waals surface area contributed by atoms with E-state index in [2.05, 4.69) is 33.8 Å². The van der Waals surface area contributed by atoms with Gasteiger partial charge in [0.1, 0.15) is 0 Å². The number of nitrogens with zero attached hydrogens (tertiary/aromatic N) is 2. The summed E-state index contributed by atoms with van der Waals surface area (Å²) in [6.07, 6.45) is 3.00. The standard InChI is InChI=1S/C21H22N4O2S/c26-19(24-20-22-10-13-28-20)16-8-11-25(12-9-16)21(27)23-14-17-6-3-5-15-4-1-2-7-18(15)17/h1-7,10,13,16H,8-9,11-12,14H2,(H,23,27)(H,22,24,26). The monoisotopic (exact) mass is 394 g/mol. The normalized spacial score (nSPS) is 14.8. The highest BCUT2D eigenvalue weighted by Crippen LogP contribution is 2.21. The van der Waals surface area contributed by atoms with Gasteiger partial charge in [-0.2, -0.15) is 0 Å². The molecule has 2 heterocycles. The smallest absolute Gasteiger partial charge is 0.317 e. The maximum Gasteiger partial charge on any atom is 0.317 e. The van der Waals surface area contributed by atoms with Gasteiger partial charge in [0.2, 0.25) is 5.91 Å². The Labute approximate surface area is 167 Å². The third-order valence-electron chi connectivity index (χ3n) is 5.13. The molecule has 144 valence electrons. The Balaban J connectivity index is 1.29. The Bertz CT molecular complexity index is 960. The number of hydrogen-bond acceptors (Lipinski definition) is 4. The minimum absolute atomic E-state index is 0.00855. The quantitative estimate of drug-likeness (QED) is 0.706. The summed E-state index contributed by atoms with van der Waals surface area (Å²) in [6.45, 7) is 1.65. The van der Waals surface area contributed by atoms with Crippen molar-refractivity contribution < 1.29 is 9.59 Å². The van der Waals surface area contributed by atoms with Crippen LogP contribution in [0.3, 0.4) is 0 Å². The van der Waals surface area contributed by atoms with Gasteiger partial charge in [-0.1, -0.05) is 42.5 Å². The number of amides is 3. The molecule has 2 N–H and O–H groups in total. The zero-order valence-electron chi connectivity index (χ0n) is 15.4. The largest absolute Gasteiger partial charge is 0.334 e. The van der Waals surface area contributed by atoms with Gasteiger partial charge in [0, 0.05) is 37.1 Å². The lowest BCUT2D eigenvalue weighted by atomic mass is 9.96. The number of aromatic nitrogens is 1. The minimum atomic E-state index is -0.0778. The van der Waals surface area contributed by atoms with Crippen molar-refractivity contribution >= 4 is 39.2 Å². The summed E-state index contributed by atoms with van der Waals surface area (Å²) in [7, 11) is 0. The summed E-state index contributed by atoms with van der Waals surface area (Å²) in [5.74, 6) is -0.0863. The number of benzene rings is 2. The fourth-order valence-corrected chi connectivity index (χ4v) is 4.10. The molecule has 0 spiro atoms. The molecule has 0 aliphatic carbocycles. The van der Waals surface area contributed by atoms with Crippen LogP contribution in [0.15, 0.2) is 54.0 Å². The lowest BCUT2D eigenvalue weighted by Gasteiger charge is -2.31. The van der Waals surface area contributed by atoms with E-state index in [1.807, 2.05) is 29.6 Å². The molecule has 0 bridgehead atoms. The van der Waals surface area contributed by atoms with Crippen LogP contribution in [-0.2, 0) is 11.3 Å². The van der Waals surface area contributed by atoms with Crippen molar-refractivity contribution in [1.29, 1.82) is 0 Å². The van der Waals surface area contributed by atoms with Gasteiger partial charge < -0.3 is 15.5 Å². The number of carbonyl (C=O) groups excluding carboxylic acids is 2. The number of anilines is 1. The average molecular weight is 395 g/mol. The Morgan fingerprint density at radius 2 is 1.89 bits per heavy atom. The molecule has 0 atom stereocenters. The van der Waals surface area contributed by atoms with E-state index < -0.39 is 0 Å². The van der Waals surface area contributed by atoms with Crippen molar-refractivity contribution in [1.82, 2.24) is 15.2 Å². The number of carbonyl (C=O) groups is 2. The number of piperidine rings is 1. The Morgan fingerprint density at radius 1 is 1.11 bits per heavy atom. The van der Waals surface area contributed by atoms with Crippen molar-refractivity contribution in [2.24, 2.45) is 5.92 Å². The molecule has 0 unspecified atom stereocenters. The predicted octanol–water partition coefficient (Wildman–Crippen LogP) is 3.86. The van der Waals surface area contributed by atoms with Gasteiger partial charge in [0.05, 0.1) is 0 Å². The predicted molar refractivity (Wildman–Crippen MR) is 111 cm³/mol. The van der Waals surface area contributed by atoms with E-state index in [4.69, 9.17) is 0 Å². The number of urea groups is 1. The number of hydrogen-bond donors (Lipinski definition) is 2. The maximum absolute atomic E-state index is 12.5. The van der Waals surface area contributed by atoms with Crippen molar-refractivity contribution in [3.05, 3.63) is 59.6 Å². The first kappa shape index (κ1) is 18.4. The molecule has 1 fully saturated rings. The molecule has 3 amide bonds. The van der Waals surface area contributed by atoms with Gasteiger partial charge in [0.15, 0.2) is 5.13 Å². The molecule has 6 nitrogen and oxygen atoms in total. The van der Waals surface area contributed by atoms with Gasteiger partial charge >= 0.3 is 6.03 Å². The highest BCUT2D eigenvalue weighted by Gasteiger charge is 2.27. The third-order valence-corrected chi connectivity index (χ3v) is 5.81. The molecule has 7 heteroatoms. The molecule has 28 heavy (non-hydrogen) atoms. The van der Waals surface area contributed by atoms with Crippen LogP contribution in [0.4, 0.5) is 9.93 Å². The molecule has 0 radical (unpaired) electrons. The van der Waals surface area contributed by atoms with E-state index in [1.165, 1.54) is 16.7 Å². The summed E-state index contributed by atoms with van der Waals surface area (Å²) in [5, 5.41) is 10.6. The lowest BCUT2D eigenvalue weighted by Crippen LogP contribution is -2.45. The topological polar surface area (TPSA) is 74.3 Å². The van der Waals surface area contributed by atoms with Gasteiger partial charge in [0.25, 0.3) is 0 Å². The van der Waals surface area contributed by atoms with E-state index in [0.717, 1.165) is 10.9 Å². The second-order valence-electron chi connectivity index (χ2n) is 6.88. The molecule has 0 saturated carbocycles. The van der Waals surface area contributed by atoms with E-state index in [0.29, 0.717) is 37.6 Å². The molecule has 4 rings (SSSR count). The molecule has 1 saturated heterocycles. The number of thiazole rings is 1. The minimum Gasteiger partial charge on any atom is -0.334 e. The zero-order valence-corrected chi connectivity index (χ0v) is 16.2. The number of fused-ring (bicyclic) bond motifs is 1. The van der Waals surface area contributed by atoms with Gasteiger partial charge in [-0.15, -0.1) is 11.3 Å². The second-order valence-corrected chi connectivity index (χ2v) is 7.78. The molecule has 2 aromatic carbocycles. The summed E-state index contributed by atoms with van der Waals surface area (Å²) in [5.41, 5.74) is 1.10. The van der Waals surface area contributed by atoms with Crippen LogP contribution in [0.5, 0.6) is 0 Å². The Morgan fingerprint density at radius 3 is 2.68 bits per heavy atom. The highest BCUT2D eigenvalue weighted by atomic mass is 32.1. The molecule has 1 aliphatic heterocycles. The highest BCUT2D eigenvalue weighted by molar-refractivity contribution is 7.13. The Kier molecular flexibility index (Phi) is 5.53. The molecule has 1 aliphatic rings. The van der Waals surface area contributed by atoms with Crippen molar-refractivity contribution in [2.75, 3.05) is 18.4 Å². The van der Waals surface area contributed by atoms with Crippen LogP contribution in [0.2, 0.25) is 0 Å². The van der Waals surface area contributed by atoms with Crippen LogP contribution in [0.25, 0.3) is 10.8 Å². The van der Waals surface area contributed by atoms with E-state index in [-0.39, 0.29) is 17.9 Å². The maximum atomic E-state index is 12.5. The van der Waals surface area contributed by atoms with Crippen LogP contribution in [0, 0.1) is 5.92 Å². The first-order chi connectivity index (χ1) is 13.7. The van der Waals surface area contributed by atoms with Crippen molar-refractivity contribution in [3.8, 4) is 0 Å². The van der Waals surface area contributed by atoms with Crippen molar-refractivity contribution in [3.63, 3.8) is 0 Å². The molecular formula is C21H22N4O2S. The van der Waals surface area contributed by atoms with E-state index in [1.54, 1.807) is 11.1 Å². The Hall–Kier alpha value is -2.93. The van der Waals surface area contributed by atoms with Crippen LogP contribution in [0.1, 0.15) is 18.4 Å². The summed E-state index contributed by atoms with van der Waals surface area (Å²) in [6, 6.07) is 14.2. The van der Waals surface area contributed by atoms with Crippen LogP contribution >= 0.6 is 11.3 Å². The number of rotatable bonds is 4. The van der Waals surface area contributed by atoms with Crippen molar-refractivity contribution in [2.45, 2.75) is 19.4 Å². The number of likely N-dealkylation sites (tertiary alicyclic amines) is 1. The summed E-state index contributed by atoms with van der Waals surface area (Å²) >= 11 is 1.41. The van der Waals surface area contributed by atoms with E-state index >= 15 is 0 Å². The third kappa shape index (κ3) is 4.14. The summed E-state index contributed by atoms with van der Waals surface area (Å²) in [4.78, 5) is 30.7.